The number of alkyl halides is 3. The van der Waals surface area contributed by atoms with Crippen molar-refractivity contribution in [3.63, 3.8) is 0 Å². The highest BCUT2D eigenvalue weighted by Gasteiger charge is 2.34. The van der Waals surface area contributed by atoms with Gasteiger partial charge in [0, 0.05) is 6.54 Å². The summed E-state index contributed by atoms with van der Waals surface area (Å²) in [5.41, 5.74) is -0.235. The minimum absolute atomic E-state index is 0.0404. The number of carbonyl (C=O) groups excluding carboxylic acids is 2. The second kappa shape index (κ2) is 12.2. The van der Waals surface area contributed by atoms with Gasteiger partial charge in [-0.25, -0.2) is 14.4 Å². The van der Waals surface area contributed by atoms with E-state index in [0.717, 1.165) is 5.56 Å². The summed E-state index contributed by atoms with van der Waals surface area (Å²) < 4.78 is 48.4. The van der Waals surface area contributed by atoms with Crippen molar-refractivity contribution in [3.8, 4) is 0 Å². The molecule has 0 aromatic heterocycles. The number of benzene rings is 1. The Bertz CT molecular complexity index is 750. The number of halogens is 3. The summed E-state index contributed by atoms with van der Waals surface area (Å²) in [7, 11) is 0. The molecule has 0 saturated carbocycles. The lowest BCUT2D eigenvalue weighted by atomic mass is 10.1. The molecular formula is C21H29F3N2O6. The van der Waals surface area contributed by atoms with Crippen LogP contribution in [-0.4, -0.2) is 59.1 Å². The van der Waals surface area contributed by atoms with Crippen LogP contribution in [0, 0.1) is 0 Å². The molecule has 1 atom stereocenters. The van der Waals surface area contributed by atoms with Crippen molar-refractivity contribution in [1.29, 1.82) is 0 Å². The quantitative estimate of drug-likeness (QED) is 0.502. The molecule has 1 rings (SSSR count). The number of carbonyl (C=O) groups is 3. The smallest absolute Gasteiger partial charge is 0.410 e. The number of carboxylic acid groups (broad SMARTS) is 1. The van der Waals surface area contributed by atoms with Crippen molar-refractivity contribution in [1.82, 2.24) is 10.2 Å². The Hall–Kier alpha value is -2.98. The molecule has 0 aliphatic carbocycles. The molecule has 2 N–H and O–H groups in total. The van der Waals surface area contributed by atoms with E-state index in [-0.39, 0.29) is 32.4 Å². The van der Waals surface area contributed by atoms with Gasteiger partial charge in [-0.15, -0.1) is 0 Å². The average molecular weight is 462 g/mol. The van der Waals surface area contributed by atoms with Gasteiger partial charge in [0.05, 0.1) is 0 Å². The van der Waals surface area contributed by atoms with Gasteiger partial charge in [-0.2, -0.15) is 13.2 Å². The topological polar surface area (TPSA) is 105 Å². The van der Waals surface area contributed by atoms with Gasteiger partial charge >= 0.3 is 24.3 Å². The Morgan fingerprint density at radius 2 is 1.72 bits per heavy atom. The van der Waals surface area contributed by atoms with Crippen LogP contribution < -0.4 is 5.32 Å². The number of rotatable bonds is 10. The van der Waals surface area contributed by atoms with Gasteiger partial charge in [0.2, 0.25) is 0 Å². The number of nitrogens with zero attached hydrogens (tertiary/aromatic N) is 1. The molecule has 32 heavy (non-hydrogen) atoms. The Kier molecular flexibility index (Phi) is 10.3. The molecule has 0 fully saturated rings. The summed E-state index contributed by atoms with van der Waals surface area (Å²) in [5, 5.41) is 11.5. The van der Waals surface area contributed by atoms with E-state index >= 15 is 0 Å². The van der Waals surface area contributed by atoms with Gasteiger partial charge in [0.1, 0.15) is 24.8 Å². The van der Waals surface area contributed by atoms with E-state index in [4.69, 9.17) is 9.47 Å². The minimum atomic E-state index is -4.61. The second-order valence-corrected chi connectivity index (χ2v) is 8.11. The lowest BCUT2D eigenvalue weighted by Crippen LogP contribution is -2.43. The van der Waals surface area contributed by atoms with Crippen LogP contribution in [0.25, 0.3) is 0 Å². The molecule has 0 unspecified atom stereocenters. The van der Waals surface area contributed by atoms with Crippen molar-refractivity contribution < 1.29 is 42.1 Å². The number of hydrogen-bond donors (Lipinski definition) is 2. The summed E-state index contributed by atoms with van der Waals surface area (Å²) in [6, 6.07) is 7.50. The number of aliphatic carboxylic acids is 1. The largest absolute Gasteiger partial charge is 0.480 e. The zero-order valence-corrected chi connectivity index (χ0v) is 18.3. The van der Waals surface area contributed by atoms with Crippen molar-refractivity contribution >= 4 is 18.2 Å². The predicted molar refractivity (Wildman–Crippen MR) is 109 cm³/mol. The number of alkyl carbamates (subject to hydrolysis) is 1. The van der Waals surface area contributed by atoms with Gasteiger partial charge < -0.3 is 19.9 Å². The Morgan fingerprint density at radius 1 is 1.09 bits per heavy atom. The van der Waals surface area contributed by atoms with Crippen LogP contribution in [0.5, 0.6) is 0 Å². The number of carboxylic acids is 1. The van der Waals surface area contributed by atoms with Crippen molar-refractivity contribution in [2.75, 3.05) is 13.1 Å². The van der Waals surface area contributed by atoms with Gasteiger partial charge in [0.15, 0.2) is 0 Å². The van der Waals surface area contributed by atoms with E-state index < -0.39 is 42.5 Å². The summed E-state index contributed by atoms with van der Waals surface area (Å²) in [6.45, 7) is 2.82. The molecule has 1 aromatic rings. The first-order chi connectivity index (χ1) is 14.8. The van der Waals surface area contributed by atoms with E-state index in [9.17, 15) is 32.7 Å². The molecule has 0 aliphatic rings. The highest BCUT2D eigenvalue weighted by molar-refractivity contribution is 5.79. The van der Waals surface area contributed by atoms with Crippen molar-refractivity contribution in [3.05, 3.63) is 35.9 Å². The standard InChI is InChI=1S/C21H29F3N2O6/c1-20(2,3)32-19(30)26(14-21(22,23)24)12-8-7-11-16(17(27)28)25-18(29)31-13-15-9-5-4-6-10-15/h4-6,9-10,16H,7-8,11-14H2,1-3H3,(H,25,29)(H,27,28)/t16-/m0/s1. The fourth-order valence-corrected chi connectivity index (χ4v) is 2.59. The van der Waals surface area contributed by atoms with E-state index in [2.05, 4.69) is 5.32 Å². The third-order valence-corrected chi connectivity index (χ3v) is 4.00. The van der Waals surface area contributed by atoms with Crippen molar-refractivity contribution in [2.24, 2.45) is 0 Å². The number of amides is 2. The molecule has 2 amide bonds. The molecule has 0 saturated heterocycles. The van der Waals surface area contributed by atoms with Crippen LogP contribution in [0.2, 0.25) is 0 Å². The summed E-state index contributed by atoms with van der Waals surface area (Å²) in [5.74, 6) is -1.30. The van der Waals surface area contributed by atoms with Gasteiger partial charge in [-0.1, -0.05) is 30.3 Å². The van der Waals surface area contributed by atoms with Gasteiger partial charge in [-0.3, -0.25) is 4.90 Å². The van der Waals surface area contributed by atoms with Crippen LogP contribution in [0.15, 0.2) is 30.3 Å². The van der Waals surface area contributed by atoms with E-state index in [0.29, 0.717) is 4.90 Å². The third-order valence-electron chi connectivity index (χ3n) is 4.00. The molecule has 180 valence electrons. The zero-order valence-electron chi connectivity index (χ0n) is 18.3. The second-order valence-electron chi connectivity index (χ2n) is 8.11. The lowest BCUT2D eigenvalue weighted by molar-refractivity contribution is -0.144. The minimum Gasteiger partial charge on any atom is -0.480 e. The first kappa shape index (κ1) is 27.1. The summed E-state index contributed by atoms with van der Waals surface area (Å²) in [4.78, 5) is 35.8. The van der Waals surface area contributed by atoms with Crippen LogP contribution in [0.3, 0.4) is 0 Å². The fourth-order valence-electron chi connectivity index (χ4n) is 2.59. The Morgan fingerprint density at radius 3 is 2.25 bits per heavy atom. The number of unbranched alkanes of at least 4 members (excludes halogenated alkanes) is 1. The molecule has 0 heterocycles. The maximum atomic E-state index is 12.8. The maximum absolute atomic E-state index is 12.8. The fraction of sp³-hybridized carbons (Fsp3) is 0.571. The molecule has 0 spiro atoms. The maximum Gasteiger partial charge on any atom is 0.410 e. The zero-order chi connectivity index (χ0) is 24.4. The molecule has 11 heteroatoms. The number of hydrogen-bond acceptors (Lipinski definition) is 5. The van der Waals surface area contributed by atoms with Gasteiger partial charge in [-0.05, 0) is 45.6 Å². The molecule has 8 nitrogen and oxygen atoms in total. The van der Waals surface area contributed by atoms with Gasteiger partial charge in [0.25, 0.3) is 0 Å². The highest BCUT2D eigenvalue weighted by Crippen LogP contribution is 2.19. The molecule has 0 radical (unpaired) electrons. The Labute approximate surface area is 184 Å². The summed E-state index contributed by atoms with van der Waals surface area (Å²) in [6.07, 6.45) is -6.46. The molecule has 0 bridgehead atoms. The highest BCUT2D eigenvalue weighted by atomic mass is 19.4. The normalized spacial score (nSPS) is 12.6. The average Bonchev–Trinajstić information content (AvgIpc) is 2.66. The van der Waals surface area contributed by atoms with Crippen molar-refractivity contribution in [2.45, 2.75) is 64.5 Å². The van der Waals surface area contributed by atoms with E-state index in [1.54, 1.807) is 30.3 Å². The van der Waals surface area contributed by atoms with E-state index in [1.807, 2.05) is 0 Å². The lowest BCUT2D eigenvalue weighted by Gasteiger charge is -2.28. The molecule has 1 aromatic carbocycles. The van der Waals surface area contributed by atoms with Crippen LogP contribution in [0.1, 0.15) is 45.6 Å². The molecular weight excluding hydrogens is 433 g/mol. The SMILES string of the molecule is CC(C)(C)OC(=O)N(CCCC[C@H](NC(=O)OCc1ccccc1)C(=O)O)CC(F)(F)F. The monoisotopic (exact) mass is 462 g/mol. The van der Waals surface area contributed by atoms with Crippen LogP contribution in [0.4, 0.5) is 22.8 Å². The van der Waals surface area contributed by atoms with E-state index in [1.165, 1.54) is 20.8 Å². The summed E-state index contributed by atoms with van der Waals surface area (Å²) >= 11 is 0. The number of nitrogens with one attached hydrogen (secondary N) is 1. The third kappa shape index (κ3) is 12.0. The Balaban J connectivity index is 2.52. The molecule has 0 aliphatic heterocycles. The number of ether oxygens (including phenoxy) is 2. The van der Waals surface area contributed by atoms with Crippen LogP contribution in [-0.2, 0) is 20.9 Å². The first-order valence-corrected chi connectivity index (χ1v) is 10.0. The predicted octanol–water partition coefficient (Wildman–Crippen LogP) is 4.34. The van der Waals surface area contributed by atoms with Crippen LogP contribution >= 0.6 is 0 Å². The first-order valence-electron chi connectivity index (χ1n) is 10.0.